The molecule has 2 fully saturated rings. The first-order chi connectivity index (χ1) is 14.7. The van der Waals surface area contributed by atoms with Gasteiger partial charge in [0, 0.05) is 24.7 Å². The Bertz CT molecular complexity index is 962. The number of carbonyl (C=O) groups is 1. The second-order valence-electron chi connectivity index (χ2n) is 8.31. The molecule has 1 saturated carbocycles. The van der Waals surface area contributed by atoms with E-state index < -0.39 is 29.6 Å². The zero-order valence-corrected chi connectivity index (χ0v) is 16.7. The second kappa shape index (κ2) is 8.49. The highest BCUT2D eigenvalue weighted by molar-refractivity contribution is 5.74. The van der Waals surface area contributed by atoms with Crippen molar-refractivity contribution >= 4 is 5.97 Å². The van der Waals surface area contributed by atoms with Crippen molar-refractivity contribution < 1.29 is 32.2 Å². The highest BCUT2D eigenvalue weighted by atomic mass is 19.4. The first-order valence-electron chi connectivity index (χ1n) is 10.3. The smallest absolute Gasteiger partial charge is 0.416 e. The van der Waals surface area contributed by atoms with Crippen LogP contribution in [0.25, 0.3) is 0 Å². The number of halogens is 4. The number of benzene rings is 2. The van der Waals surface area contributed by atoms with Crippen LogP contribution in [0.2, 0.25) is 0 Å². The Morgan fingerprint density at radius 3 is 2.68 bits per heavy atom. The molecular formula is C23H23F4NO3. The van der Waals surface area contributed by atoms with Gasteiger partial charge in [-0.15, -0.1) is 0 Å². The van der Waals surface area contributed by atoms with E-state index in [1.165, 1.54) is 18.2 Å². The number of nitrogens with zero attached hydrogens (tertiary/aromatic N) is 1. The predicted octanol–water partition coefficient (Wildman–Crippen LogP) is 5.11. The van der Waals surface area contributed by atoms with Crippen molar-refractivity contribution in [2.75, 3.05) is 6.54 Å². The molecule has 31 heavy (non-hydrogen) atoms. The van der Waals surface area contributed by atoms with E-state index in [1.807, 2.05) is 4.90 Å². The highest BCUT2D eigenvalue weighted by Gasteiger charge is 2.47. The Morgan fingerprint density at radius 1 is 1.16 bits per heavy atom. The molecule has 4 rings (SSSR count). The Labute approximate surface area is 177 Å². The molecular weight excluding hydrogens is 414 g/mol. The van der Waals surface area contributed by atoms with Crippen LogP contribution in [0.15, 0.2) is 42.5 Å². The summed E-state index contributed by atoms with van der Waals surface area (Å²) in [5.74, 6) is -0.722. The Morgan fingerprint density at radius 2 is 1.97 bits per heavy atom. The fraction of sp³-hybridized carbons (Fsp3) is 0.435. The maximum atomic E-state index is 14.7. The monoisotopic (exact) mass is 437 g/mol. The molecule has 1 aliphatic carbocycles. The predicted molar refractivity (Wildman–Crippen MR) is 105 cm³/mol. The first kappa shape index (κ1) is 21.6. The average Bonchev–Trinajstić information content (AvgIpc) is 3.28. The van der Waals surface area contributed by atoms with E-state index in [-0.39, 0.29) is 24.8 Å². The summed E-state index contributed by atoms with van der Waals surface area (Å²) in [7, 11) is 0. The molecule has 0 aromatic heterocycles. The van der Waals surface area contributed by atoms with Gasteiger partial charge in [0.05, 0.1) is 5.56 Å². The third-order valence-electron chi connectivity index (χ3n) is 6.30. The van der Waals surface area contributed by atoms with E-state index in [1.54, 1.807) is 12.1 Å². The van der Waals surface area contributed by atoms with Gasteiger partial charge in [0.1, 0.15) is 24.2 Å². The van der Waals surface area contributed by atoms with Crippen molar-refractivity contribution in [2.24, 2.45) is 11.8 Å². The van der Waals surface area contributed by atoms with Crippen LogP contribution in [0.1, 0.15) is 36.0 Å². The highest BCUT2D eigenvalue weighted by Crippen LogP contribution is 2.43. The molecule has 166 valence electrons. The van der Waals surface area contributed by atoms with Gasteiger partial charge in [-0.1, -0.05) is 24.6 Å². The summed E-state index contributed by atoms with van der Waals surface area (Å²) in [6, 6.07) is 8.49. The number of alkyl halides is 3. The minimum Gasteiger partial charge on any atom is -0.489 e. The quantitative estimate of drug-likeness (QED) is 0.639. The van der Waals surface area contributed by atoms with Gasteiger partial charge in [-0.25, -0.2) is 4.39 Å². The van der Waals surface area contributed by atoms with Crippen molar-refractivity contribution in [1.82, 2.24) is 4.90 Å². The lowest BCUT2D eigenvalue weighted by Crippen LogP contribution is -2.39. The van der Waals surface area contributed by atoms with Crippen LogP contribution in [0.4, 0.5) is 17.6 Å². The van der Waals surface area contributed by atoms with Gasteiger partial charge in [-0.3, -0.25) is 9.69 Å². The maximum Gasteiger partial charge on any atom is 0.416 e. The summed E-state index contributed by atoms with van der Waals surface area (Å²) >= 11 is 0. The van der Waals surface area contributed by atoms with Gasteiger partial charge in [0.15, 0.2) is 0 Å². The molecule has 1 aliphatic heterocycles. The summed E-state index contributed by atoms with van der Waals surface area (Å²) in [5, 5.41) is 9.64. The van der Waals surface area contributed by atoms with Crippen molar-refractivity contribution in [3.63, 3.8) is 0 Å². The summed E-state index contributed by atoms with van der Waals surface area (Å²) in [6.07, 6.45) is -1.50. The molecule has 2 aromatic carbocycles. The lowest BCUT2D eigenvalue weighted by atomic mass is 9.94. The third-order valence-corrected chi connectivity index (χ3v) is 6.30. The van der Waals surface area contributed by atoms with E-state index in [0.29, 0.717) is 23.6 Å². The number of fused-ring (bicyclic) bond motifs is 1. The maximum absolute atomic E-state index is 14.7. The van der Waals surface area contributed by atoms with Gasteiger partial charge < -0.3 is 9.84 Å². The first-order valence-corrected chi connectivity index (χ1v) is 10.3. The second-order valence-corrected chi connectivity index (χ2v) is 8.31. The Balaban J connectivity index is 1.41. The van der Waals surface area contributed by atoms with Crippen LogP contribution in [-0.4, -0.2) is 28.6 Å². The molecule has 0 radical (unpaired) electrons. The van der Waals surface area contributed by atoms with Crippen LogP contribution < -0.4 is 4.74 Å². The standard InChI is InChI=1S/C23H23F4NO3/c24-20-10-18(31-13-14-3-1-5-17(9-14)23(25,26)27)8-7-16(20)12-28-11-15-4-2-6-19(15)21(28)22(29)30/h1,3,5,7-10,15,19,21H,2,4,6,11-13H2,(H,29,30)/t15?,19?,21-/m1/s1. The Hall–Kier alpha value is -2.61. The number of likely N-dealkylation sites (tertiary alicyclic amines) is 1. The lowest BCUT2D eigenvalue weighted by molar-refractivity contribution is -0.143. The molecule has 0 spiro atoms. The van der Waals surface area contributed by atoms with Crippen molar-refractivity contribution in [2.45, 2.75) is 44.6 Å². The molecule has 0 amide bonds. The van der Waals surface area contributed by atoms with Crippen molar-refractivity contribution in [3.8, 4) is 5.75 Å². The molecule has 2 aliphatic rings. The summed E-state index contributed by atoms with van der Waals surface area (Å²) in [4.78, 5) is 13.6. The van der Waals surface area contributed by atoms with Gasteiger partial charge in [-0.05, 0) is 48.4 Å². The SMILES string of the molecule is O=C(O)[C@H]1C2CCCC2CN1Cc1ccc(OCc2cccc(C(F)(F)F)c2)cc1F. The molecule has 2 aromatic rings. The number of rotatable bonds is 6. The molecule has 1 N–H and O–H groups in total. The Kier molecular flexibility index (Phi) is 5.92. The minimum absolute atomic E-state index is 0.121. The fourth-order valence-electron chi connectivity index (χ4n) is 4.86. The largest absolute Gasteiger partial charge is 0.489 e. The topological polar surface area (TPSA) is 49.8 Å². The zero-order chi connectivity index (χ0) is 22.2. The van der Waals surface area contributed by atoms with E-state index in [2.05, 4.69) is 0 Å². The molecule has 1 heterocycles. The van der Waals surface area contributed by atoms with Crippen molar-refractivity contribution in [1.29, 1.82) is 0 Å². The number of ether oxygens (including phenoxy) is 1. The lowest BCUT2D eigenvalue weighted by Gasteiger charge is -2.24. The average molecular weight is 437 g/mol. The van der Waals surface area contributed by atoms with E-state index >= 15 is 0 Å². The van der Waals surface area contributed by atoms with E-state index in [4.69, 9.17) is 4.74 Å². The minimum atomic E-state index is -4.44. The van der Waals surface area contributed by atoms with Crippen LogP contribution in [-0.2, 0) is 24.1 Å². The van der Waals surface area contributed by atoms with Gasteiger partial charge in [0.2, 0.25) is 0 Å². The van der Waals surface area contributed by atoms with Crippen LogP contribution in [0.5, 0.6) is 5.75 Å². The van der Waals surface area contributed by atoms with E-state index in [9.17, 15) is 27.5 Å². The summed E-state index contributed by atoms with van der Waals surface area (Å²) in [6.45, 7) is 0.720. The van der Waals surface area contributed by atoms with Crippen LogP contribution in [0.3, 0.4) is 0 Å². The van der Waals surface area contributed by atoms with Crippen LogP contribution in [0, 0.1) is 17.7 Å². The number of carboxylic acids is 1. The molecule has 0 bridgehead atoms. The summed E-state index contributed by atoms with van der Waals surface area (Å²) in [5.41, 5.74) is -0.0663. The molecule has 8 heteroatoms. The van der Waals surface area contributed by atoms with Gasteiger partial charge in [0.25, 0.3) is 0 Å². The normalized spacial score (nSPS) is 23.7. The molecule has 3 atom stereocenters. The van der Waals surface area contributed by atoms with E-state index in [0.717, 1.165) is 31.4 Å². The summed E-state index contributed by atoms with van der Waals surface area (Å²) < 4.78 is 58.6. The molecule has 4 nitrogen and oxygen atoms in total. The number of aliphatic carboxylic acids is 1. The van der Waals surface area contributed by atoms with Gasteiger partial charge in [-0.2, -0.15) is 13.2 Å². The number of hydrogen-bond donors (Lipinski definition) is 1. The molecule has 1 saturated heterocycles. The van der Waals surface area contributed by atoms with Gasteiger partial charge >= 0.3 is 12.1 Å². The fourth-order valence-corrected chi connectivity index (χ4v) is 4.86. The number of hydrogen-bond acceptors (Lipinski definition) is 3. The van der Waals surface area contributed by atoms with Crippen molar-refractivity contribution in [3.05, 3.63) is 65.0 Å². The van der Waals surface area contributed by atoms with Crippen LogP contribution >= 0.6 is 0 Å². The third kappa shape index (κ3) is 4.69. The number of carboxylic acid groups (broad SMARTS) is 1. The molecule has 2 unspecified atom stereocenters. The zero-order valence-electron chi connectivity index (χ0n) is 16.7.